The molecule has 0 aliphatic carbocycles. The smallest absolute Gasteiger partial charge is 0.287 e. The van der Waals surface area contributed by atoms with E-state index in [0.29, 0.717) is 11.7 Å². The van der Waals surface area contributed by atoms with Gasteiger partial charge in [0.1, 0.15) is 5.82 Å². The van der Waals surface area contributed by atoms with Crippen molar-refractivity contribution in [2.24, 2.45) is 5.92 Å². The topological polar surface area (TPSA) is 60.1 Å². The van der Waals surface area contributed by atoms with Crippen molar-refractivity contribution >= 4 is 16.9 Å². The average molecular weight is 311 g/mol. The fourth-order valence-electron chi connectivity index (χ4n) is 2.72. The summed E-state index contributed by atoms with van der Waals surface area (Å²) >= 11 is 0. The first kappa shape index (κ1) is 15.3. The van der Waals surface area contributed by atoms with Crippen LogP contribution < -0.4 is 5.32 Å². The number of hydrogen-bond acceptors (Lipinski definition) is 3. The van der Waals surface area contributed by atoms with Crippen molar-refractivity contribution < 1.29 is 9.21 Å². The van der Waals surface area contributed by atoms with E-state index in [2.05, 4.69) is 29.8 Å². The number of furan rings is 1. The van der Waals surface area contributed by atoms with E-state index in [9.17, 15) is 4.79 Å². The van der Waals surface area contributed by atoms with Gasteiger partial charge in [-0.05, 0) is 37.1 Å². The summed E-state index contributed by atoms with van der Waals surface area (Å²) in [6.07, 6.45) is 1.49. The maximum absolute atomic E-state index is 12.2. The Balaban J connectivity index is 1.92. The molecule has 1 N–H and O–H groups in total. The summed E-state index contributed by atoms with van der Waals surface area (Å²) in [7, 11) is 0. The molecule has 120 valence electrons. The fraction of sp³-hybridized carbons (Fsp3) is 0.333. The number of imidazole rings is 1. The van der Waals surface area contributed by atoms with Crippen LogP contribution >= 0.6 is 0 Å². The lowest BCUT2D eigenvalue weighted by atomic mass is 10.2. The number of rotatable bonds is 5. The summed E-state index contributed by atoms with van der Waals surface area (Å²) in [6.45, 7) is 7.14. The molecule has 1 amide bonds. The van der Waals surface area contributed by atoms with E-state index in [1.807, 2.05) is 25.1 Å². The quantitative estimate of drug-likeness (QED) is 0.780. The van der Waals surface area contributed by atoms with Gasteiger partial charge in [-0.2, -0.15) is 0 Å². The number of amides is 1. The molecule has 3 aromatic rings. The highest BCUT2D eigenvalue weighted by molar-refractivity contribution is 5.91. The summed E-state index contributed by atoms with van der Waals surface area (Å²) in [5.74, 6) is 1.42. The molecule has 0 aliphatic rings. The van der Waals surface area contributed by atoms with Crippen LogP contribution in [0.5, 0.6) is 0 Å². The van der Waals surface area contributed by atoms with Gasteiger partial charge in [0, 0.05) is 6.54 Å². The van der Waals surface area contributed by atoms with E-state index < -0.39 is 0 Å². The van der Waals surface area contributed by atoms with Gasteiger partial charge in [0.2, 0.25) is 0 Å². The molecule has 23 heavy (non-hydrogen) atoms. The number of benzene rings is 1. The van der Waals surface area contributed by atoms with Crippen LogP contribution in [0.2, 0.25) is 0 Å². The molecule has 0 radical (unpaired) electrons. The molecule has 5 nitrogen and oxygen atoms in total. The van der Waals surface area contributed by atoms with E-state index in [1.54, 1.807) is 12.1 Å². The largest absolute Gasteiger partial charge is 0.459 e. The SMILES string of the molecule is CC(C)Cn1c(C(C)NC(=O)c2ccco2)nc2ccccc21. The second-order valence-electron chi connectivity index (χ2n) is 6.14. The Morgan fingerprint density at radius 1 is 1.22 bits per heavy atom. The third kappa shape index (κ3) is 3.13. The molecule has 5 heteroatoms. The van der Waals surface area contributed by atoms with E-state index in [4.69, 9.17) is 9.40 Å². The molecular formula is C18H21N3O2. The van der Waals surface area contributed by atoms with Crippen molar-refractivity contribution in [2.45, 2.75) is 33.4 Å². The molecule has 0 saturated heterocycles. The monoisotopic (exact) mass is 311 g/mol. The van der Waals surface area contributed by atoms with Crippen LogP contribution in [0, 0.1) is 5.92 Å². The Morgan fingerprint density at radius 3 is 2.70 bits per heavy atom. The summed E-state index contributed by atoms with van der Waals surface area (Å²) in [4.78, 5) is 16.9. The van der Waals surface area contributed by atoms with Crippen LogP contribution in [0.4, 0.5) is 0 Å². The van der Waals surface area contributed by atoms with Crippen molar-refractivity contribution in [3.8, 4) is 0 Å². The van der Waals surface area contributed by atoms with E-state index in [0.717, 1.165) is 23.4 Å². The molecular weight excluding hydrogens is 290 g/mol. The standard InChI is InChI=1S/C18H21N3O2/c1-12(2)11-21-15-8-5-4-7-14(15)20-17(21)13(3)19-18(22)16-9-6-10-23-16/h4-10,12-13H,11H2,1-3H3,(H,19,22). The average Bonchev–Trinajstić information content (AvgIpc) is 3.15. The van der Waals surface area contributed by atoms with Gasteiger partial charge in [0.25, 0.3) is 5.91 Å². The van der Waals surface area contributed by atoms with Crippen LogP contribution in [-0.4, -0.2) is 15.5 Å². The number of carbonyl (C=O) groups is 1. The van der Waals surface area contributed by atoms with E-state index >= 15 is 0 Å². The molecule has 3 rings (SSSR count). The third-order valence-corrected chi connectivity index (χ3v) is 3.71. The molecule has 0 fully saturated rings. The summed E-state index contributed by atoms with van der Waals surface area (Å²) in [6, 6.07) is 11.2. The van der Waals surface area contributed by atoms with E-state index in [1.165, 1.54) is 6.26 Å². The number of nitrogens with zero attached hydrogens (tertiary/aromatic N) is 2. The maximum atomic E-state index is 12.2. The van der Waals surface area contributed by atoms with Crippen LogP contribution in [0.1, 0.15) is 43.2 Å². The van der Waals surface area contributed by atoms with Gasteiger partial charge in [-0.15, -0.1) is 0 Å². The Bertz CT molecular complexity index is 803. The lowest BCUT2D eigenvalue weighted by Gasteiger charge is -2.17. The molecule has 2 heterocycles. The highest BCUT2D eigenvalue weighted by atomic mass is 16.3. The van der Waals surface area contributed by atoms with Gasteiger partial charge in [-0.3, -0.25) is 4.79 Å². The first-order valence-electron chi connectivity index (χ1n) is 7.85. The lowest BCUT2D eigenvalue weighted by molar-refractivity contribution is 0.0909. The predicted octanol–water partition coefficient (Wildman–Crippen LogP) is 3.78. The van der Waals surface area contributed by atoms with Crippen LogP contribution in [0.3, 0.4) is 0 Å². The van der Waals surface area contributed by atoms with Crippen molar-refractivity contribution in [3.05, 3.63) is 54.2 Å². The second-order valence-corrected chi connectivity index (χ2v) is 6.14. The van der Waals surface area contributed by atoms with Gasteiger partial charge in [0.05, 0.1) is 23.3 Å². The highest BCUT2D eigenvalue weighted by Gasteiger charge is 2.20. The van der Waals surface area contributed by atoms with Crippen molar-refractivity contribution in [1.29, 1.82) is 0 Å². The summed E-state index contributed by atoms with van der Waals surface area (Å²) < 4.78 is 7.33. The minimum atomic E-state index is -0.231. The minimum Gasteiger partial charge on any atom is -0.459 e. The predicted molar refractivity (Wildman–Crippen MR) is 89.2 cm³/mol. The third-order valence-electron chi connectivity index (χ3n) is 3.71. The highest BCUT2D eigenvalue weighted by Crippen LogP contribution is 2.22. The van der Waals surface area contributed by atoms with Crippen molar-refractivity contribution in [3.63, 3.8) is 0 Å². The van der Waals surface area contributed by atoms with Crippen molar-refractivity contribution in [2.75, 3.05) is 0 Å². The lowest BCUT2D eigenvalue weighted by Crippen LogP contribution is -2.28. The molecule has 2 aromatic heterocycles. The Hall–Kier alpha value is -2.56. The van der Waals surface area contributed by atoms with Crippen LogP contribution in [0.25, 0.3) is 11.0 Å². The van der Waals surface area contributed by atoms with Crippen LogP contribution in [0.15, 0.2) is 47.1 Å². The molecule has 0 bridgehead atoms. The minimum absolute atomic E-state index is 0.209. The normalized spacial score (nSPS) is 12.7. The Labute approximate surface area is 135 Å². The number of carbonyl (C=O) groups excluding carboxylic acids is 1. The van der Waals surface area contributed by atoms with Gasteiger partial charge >= 0.3 is 0 Å². The van der Waals surface area contributed by atoms with Gasteiger partial charge in [0.15, 0.2) is 5.76 Å². The molecule has 1 aromatic carbocycles. The van der Waals surface area contributed by atoms with E-state index in [-0.39, 0.29) is 11.9 Å². The molecule has 0 spiro atoms. The summed E-state index contributed by atoms with van der Waals surface area (Å²) in [5.41, 5.74) is 2.04. The number of nitrogens with one attached hydrogen (secondary N) is 1. The molecule has 0 aliphatic heterocycles. The van der Waals surface area contributed by atoms with Crippen LogP contribution in [-0.2, 0) is 6.54 Å². The zero-order valence-electron chi connectivity index (χ0n) is 13.6. The van der Waals surface area contributed by atoms with Gasteiger partial charge in [-0.25, -0.2) is 4.98 Å². The van der Waals surface area contributed by atoms with Gasteiger partial charge in [-0.1, -0.05) is 26.0 Å². The first-order chi connectivity index (χ1) is 11.1. The fourth-order valence-corrected chi connectivity index (χ4v) is 2.72. The zero-order chi connectivity index (χ0) is 16.4. The first-order valence-corrected chi connectivity index (χ1v) is 7.85. The number of fused-ring (bicyclic) bond motifs is 1. The molecule has 1 atom stereocenters. The number of aromatic nitrogens is 2. The maximum Gasteiger partial charge on any atom is 0.287 e. The second kappa shape index (κ2) is 6.28. The number of hydrogen-bond donors (Lipinski definition) is 1. The Morgan fingerprint density at radius 2 is 2.00 bits per heavy atom. The number of para-hydroxylation sites is 2. The van der Waals surface area contributed by atoms with Crippen molar-refractivity contribution in [1.82, 2.24) is 14.9 Å². The molecule has 0 saturated carbocycles. The Kier molecular flexibility index (Phi) is 4.19. The summed E-state index contributed by atoms with van der Waals surface area (Å²) in [5, 5.41) is 2.96. The zero-order valence-corrected chi connectivity index (χ0v) is 13.6. The molecule has 1 unspecified atom stereocenters. The van der Waals surface area contributed by atoms with Gasteiger partial charge < -0.3 is 14.3 Å².